The van der Waals surface area contributed by atoms with Gasteiger partial charge in [-0.15, -0.1) is 0 Å². The fourth-order valence-electron chi connectivity index (χ4n) is 4.07. The number of likely N-dealkylation sites (tertiary alicyclic amines) is 2. The molecule has 1 aromatic rings. The highest BCUT2D eigenvalue weighted by molar-refractivity contribution is 6.30. The zero-order valence-corrected chi connectivity index (χ0v) is 16.0. The average molecular weight is 390 g/mol. The number of fused-ring (bicyclic) bond motifs is 1. The molecule has 1 unspecified atom stereocenters. The lowest BCUT2D eigenvalue weighted by molar-refractivity contribution is -0.0786. The minimum Gasteiger partial charge on any atom is -0.489 e. The van der Waals surface area contributed by atoms with Gasteiger partial charge in [0.2, 0.25) is 0 Å². The highest BCUT2D eigenvalue weighted by atomic mass is 35.5. The third-order valence-corrected chi connectivity index (χ3v) is 5.66. The minimum absolute atomic E-state index is 0.0213. The maximum atomic E-state index is 13.1. The Bertz CT molecular complexity index is 810. The van der Waals surface area contributed by atoms with Crippen molar-refractivity contribution in [3.63, 3.8) is 0 Å². The van der Waals surface area contributed by atoms with E-state index in [-0.39, 0.29) is 17.5 Å². The molecule has 1 atom stereocenters. The van der Waals surface area contributed by atoms with Gasteiger partial charge in [-0.3, -0.25) is 4.90 Å². The first kappa shape index (κ1) is 17.9. The number of nitrogens with zero attached hydrogens (tertiary/aromatic N) is 3. The number of carbonyl (C=O) groups is 1. The predicted molar refractivity (Wildman–Crippen MR) is 105 cm³/mol. The molecule has 4 N–H and O–H groups in total. The van der Waals surface area contributed by atoms with E-state index >= 15 is 0 Å². The second kappa shape index (κ2) is 6.56. The smallest absolute Gasteiger partial charge is 0.325 e. The van der Waals surface area contributed by atoms with Crippen LogP contribution in [0.4, 0.5) is 10.5 Å². The van der Waals surface area contributed by atoms with Gasteiger partial charge in [-0.25, -0.2) is 4.79 Å². The molecule has 1 spiro atoms. The summed E-state index contributed by atoms with van der Waals surface area (Å²) >= 11 is 6.05. The SMILES string of the molecule is CC1COc2cc(Cl)ccc2N1C(=O)N1CC2(C1)CN(/C(N)=C/C=C\N)C2. The summed E-state index contributed by atoms with van der Waals surface area (Å²) in [6.45, 7) is 5.67. The van der Waals surface area contributed by atoms with Crippen molar-refractivity contribution < 1.29 is 9.53 Å². The van der Waals surface area contributed by atoms with Crippen molar-refractivity contribution in [1.82, 2.24) is 9.80 Å². The first-order chi connectivity index (χ1) is 12.9. The Balaban J connectivity index is 1.40. The Labute approximate surface area is 163 Å². The number of ether oxygens (including phenoxy) is 1. The molecule has 0 saturated carbocycles. The molecule has 3 aliphatic rings. The van der Waals surface area contributed by atoms with Gasteiger partial charge in [-0.05, 0) is 37.4 Å². The maximum absolute atomic E-state index is 13.1. The van der Waals surface area contributed by atoms with E-state index < -0.39 is 0 Å². The molecular weight excluding hydrogens is 366 g/mol. The standard InChI is InChI=1S/C19H24ClN5O2/c1-13-8-27-16-7-14(20)4-5-15(16)25(13)18(26)24-11-19(12-24)9-23(10-19)17(22)3-2-6-21/h2-7,13H,8-12,21-22H2,1H3/b6-2-,17-3+. The number of urea groups is 1. The highest BCUT2D eigenvalue weighted by Gasteiger charge is 2.54. The van der Waals surface area contributed by atoms with Gasteiger partial charge >= 0.3 is 6.03 Å². The summed E-state index contributed by atoms with van der Waals surface area (Å²) in [7, 11) is 0. The van der Waals surface area contributed by atoms with Crippen LogP contribution in [0.15, 0.2) is 42.4 Å². The van der Waals surface area contributed by atoms with Gasteiger partial charge in [0, 0.05) is 42.7 Å². The van der Waals surface area contributed by atoms with Gasteiger partial charge in [-0.1, -0.05) is 11.6 Å². The number of hydrogen-bond donors (Lipinski definition) is 2. The quantitative estimate of drug-likeness (QED) is 0.754. The Hall–Kier alpha value is -2.54. The van der Waals surface area contributed by atoms with Gasteiger partial charge < -0.3 is 26.0 Å². The molecule has 4 rings (SSSR count). The van der Waals surface area contributed by atoms with Crippen molar-refractivity contribution in [2.24, 2.45) is 16.9 Å². The van der Waals surface area contributed by atoms with E-state index in [1.807, 2.05) is 22.8 Å². The van der Waals surface area contributed by atoms with Crippen molar-refractivity contribution in [3.05, 3.63) is 47.4 Å². The summed E-state index contributed by atoms with van der Waals surface area (Å²) in [6, 6.07) is 5.39. The topological polar surface area (TPSA) is 88.1 Å². The third kappa shape index (κ3) is 3.06. The van der Waals surface area contributed by atoms with Crippen molar-refractivity contribution in [1.29, 1.82) is 0 Å². The van der Waals surface area contributed by atoms with Crippen LogP contribution in [-0.2, 0) is 0 Å². The van der Waals surface area contributed by atoms with Gasteiger partial charge in [0.1, 0.15) is 12.4 Å². The number of nitrogens with two attached hydrogens (primary N) is 2. The van der Waals surface area contributed by atoms with Crippen LogP contribution in [-0.4, -0.2) is 54.7 Å². The van der Waals surface area contributed by atoms with Crippen molar-refractivity contribution in [2.45, 2.75) is 13.0 Å². The van der Waals surface area contributed by atoms with Crippen LogP contribution in [0, 0.1) is 5.41 Å². The lowest BCUT2D eigenvalue weighted by Crippen LogP contribution is -2.74. The number of hydrogen-bond acceptors (Lipinski definition) is 5. The van der Waals surface area contributed by atoms with Crippen molar-refractivity contribution in [3.8, 4) is 5.75 Å². The van der Waals surface area contributed by atoms with E-state index in [1.54, 1.807) is 24.3 Å². The molecule has 2 saturated heterocycles. The molecule has 3 aliphatic heterocycles. The van der Waals surface area contributed by atoms with Crippen LogP contribution in [0.25, 0.3) is 0 Å². The van der Waals surface area contributed by atoms with Gasteiger partial charge in [-0.2, -0.15) is 0 Å². The van der Waals surface area contributed by atoms with E-state index in [1.165, 1.54) is 6.20 Å². The summed E-state index contributed by atoms with van der Waals surface area (Å²) < 4.78 is 5.74. The Morgan fingerprint density at radius 2 is 2.00 bits per heavy atom. The number of benzene rings is 1. The number of rotatable bonds is 2. The zero-order valence-electron chi connectivity index (χ0n) is 15.3. The normalized spacial score (nSPS) is 23.7. The second-order valence-electron chi connectivity index (χ2n) is 7.61. The molecule has 0 radical (unpaired) electrons. The first-order valence-electron chi connectivity index (χ1n) is 9.02. The van der Waals surface area contributed by atoms with E-state index in [2.05, 4.69) is 4.90 Å². The van der Waals surface area contributed by atoms with Crippen LogP contribution >= 0.6 is 11.6 Å². The van der Waals surface area contributed by atoms with Crippen molar-refractivity contribution >= 4 is 23.3 Å². The molecule has 0 bridgehead atoms. The number of allylic oxidation sites excluding steroid dienone is 2. The molecular formula is C19H24ClN5O2. The first-order valence-corrected chi connectivity index (χ1v) is 9.40. The second-order valence-corrected chi connectivity index (χ2v) is 8.05. The highest BCUT2D eigenvalue weighted by Crippen LogP contribution is 2.43. The molecule has 8 heteroatoms. The summed E-state index contributed by atoms with van der Waals surface area (Å²) in [5.74, 6) is 1.37. The zero-order chi connectivity index (χ0) is 19.2. The molecule has 2 amide bonds. The maximum Gasteiger partial charge on any atom is 0.325 e. The minimum atomic E-state index is -0.0257. The van der Waals surface area contributed by atoms with Crippen LogP contribution < -0.4 is 21.1 Å². The van der Waals surface area contributed by atoms with Crippen LogP contribution in [0.1, 0.15) is 6.92 Å². The van der Waals surface area contributed by atoms with Crippen LogP contribution in [0.5, 0.6) is 5.75 Å². The van der Waals surface area contributed by atoms with Gasteiger partial charge in [0.25, 0.3) is 0 Å². The summed E-state index contributed by atoms with van der Waals surface area (Å²) in [5.41, 5.74) is 12.3. The monoisotopic (exact) mass is 389 g/mol. The molecule has 144 valence electrons. The molecule has 2 fully saturated rings. The van der Waals surface area contributed by atoms with E-state index in [4.69, 9.17) is 27.8 Å². The van der Waals surface area contributed by atoms with Crippen LogP contribution in [0.2, 0.25) is 5.02 Å². The fraction of sp³-hybridized carbons (Fsp3) is 0.421. The summed E-state index contributed by atoms with van der Waals surface area (Å²) in [4.78, 5) is 18.9. The lowest BCUT2D eigenvalue weighted by Gasteiger charge is -2.61. The molecule has 0 aliphatic carbocycles. The molecule has 7 nitrogen and oxygen atoms in total. The Morgan fingerprint density at radius 3 is 2.70 bits per heavy atom. The number of carbonyl (C=O) groups excluding carboxylic acids is 1. The largest absolute Gasteiger partial charge is 0.489 e. The molecule has 0 aromatic heterocycles. The third-order valence-electron chi connectivity index (χ3n) is 5.43. The van der Waals surface area contributed by atoms with Crippen LogP contribution in [0.3, 0.4) is 0 Å². The van der Waals surface area contributed by atoms with E-state index in [0.717, 1.165) is 31.9 Å². The molecule has 3 heterocycles. The Morgan fingerprint density at radius 1 is 1.30 bits per heavy atom. The van der Waals surface area contributed by atoms with Gasteiger partial charge in [0.05, 0.1) is 17.6 Å². The fourth-order valence-corrected chi connectivity index (χ4v) is 4.24. The number of halogens is 1. The van der Waals surface area contributed by atoms with E-state index in [9.17, 15) is 4.79 Å². The number of anilines is 1. The predicted octanol–water partition coefficient (Wildman–Crippen LogP) is 1.94. The lowest BCUT2D eigenvalue weighted by atomic mass is 9.73. The Kier molecular flexibility index (Phi) is 4.34. The number of amides is 2. The average Bonchev–Trinajstić information content (AvgIpc) is 2.57. The summed E-state index contributed by atoms with van der Waals surface area (Å²) in [5, 5.41) is 0.600. The summed E-state index contributed by atoms with van der Waals surface area (Å²) in [6.07, 6.45) is 4.98. The molecule has 27 heavy (non-hydrogen) atoms. The van der Waals surface area contributed by atoms with Gasteiger partial charge in [0.15, 0.2) is 0 Å². The molecule has 1 aromatic carbocycles. The van der Waals surface area contributed by atoms with Crippen molar-refractivity contribution in [2.75, 3.05) is 37.7 Å². The van der Waals surface area contributed by atoms with E-state index in [0.29, 0.717) is 23.2 Å².